The largest absolute Gasteiger partial charge is 0.453 e. The first kappa shape index (κ1) is 18.2. The van der Waals surface area contributed by atoms with Crippen molar-refractivity contribution in [1.82, 2.24) is 26.1 Å². The van der Waals surface area contributed by atoms with Crippen LogP contribution in [0.15, 0.2) is 24.5 Å². The number of methoxy groups -OCH3 is 1. The van der Waals surface area contributed by atoms with Crippen molar-refractivity contribution < 1.29 is 14.3 Å². The van der Waals surface area contributed by atoms with Crippen LogP contribution in [-0.2, 0) is 9.53 Å². The highest BCUT2D eigenvalue weighted by molar-refractivity contribution is 5.76. The van der Waals surface area contributed by atoms with Crippen LogP contribution in [0.2, 0.25) is 0 Å². The number of hydrogen-bond donors (Lipinski definition) is 3. The van der Waals surface area contributed by atoms with Crippen molar-refractivity contribution in [3.63, 3.8) is 0 Å². The number of nitrogens with one attached hydrogen (secondary N) is 3. The van der Waals surface area contributed by atoms with Crippen LogP contribution in [0, 0.1) is 5.92 Å². The third-order valence-electron chi connectivity index (χ3n) is 4.21. The fourth-order valence-corrected chi connectivity index (χ4v) is 2.73. The summed E-state index contributed by atoms with van der Waals surface area (Å²) in [6, 6.07) is 4.04. The summed E-state index contributed by atoms with van der Waals surface area (Å²) < 4.78 is 4.61. The van der Waals surface area contributed by atoms with Gasteiger partial charge in [-0.15, -0.1) is 0 Å². The molecule has 1 aromatic rings. The van der Waals surface area contributed by atoms with E-state index in [9.17, 15) is 9.59 Å². The van der Waals surface area contributed by atoms with Gasteiger partial charge in [-0.2, -0.15) is 0 Å². The van der Waals surface area contributed by atoms with Gasteiger partial charge in [0.15, 0.2) is 0 Å². The normalized spacial score (nSPS) is 22.9. The number of hydrogen-bond acceptors (Lipinski definition) is 6. The molecule has 0 spiro atoms. The molecule has 8 nitrogen and oxygen atoms in total. The Bertz CT molecular complexity index is 554. The molecule has 24 heavy (non-hydrogen) atoms. The van der Waals surface area contributed by atoms with Crippen LogP contribution in [-0.4, -0.2) is 48.8 Å². The number of nitrogens with zero attached hydrogens (tertiary/aromatic N) is 2. The molecule has 1 aromatic heterocycles. The van der Waals surface area contributed by atoms with E-state index in [-0.39, 0.29) is 24.0 Å². The minimum atomic E-state index is -0.397. The van der Waals surface area contributed by atoms with Crippen LogP contribution >= 0.6 is 0 Å². The second kappa shape index (κ2) is 8.60. The molecule has 0 radical (unpaired) electrons. The maximum absolute atomic E-state index is 12.1. The van der Waals surface area contributed by atoms with Crippen molar-refractivity contribution in [2.24, 2.45) is 5.92 Å². The lowest BCUT2D eigenvalue weighted by Gasteiger charge is -2.20. The quantitative estimate of drug-likeness (QED) is 0.711. The Balaban J connectivity index is 1.76. The molecule has 1 aliphatic rings. The molecule has 1 saturated heterocycles. The molecule has 1 aliphatic heterocycles. The molecular formula is C16H25N5O3. The van der Waals surface area contributed by atoms with Crippen LogP contribution in [0.25, 0.3) is 0 Å². The first-order chi connectivity index (χ1) is 11.5. The maximum Gasteiger partial charge on any atom is 0.409 e. The molecule has 2 rings (SSSR count). The first-order valence-corrected chi connectivity index (χ1v) is 8.02. The van der Waals surface area contributed by atoms with E-state index in [1.165, 1.54) is 12.0 Å². The van der Waals surface area contributed by atoms with Crippen molar-refractivity contribution in [2.75, 3.05) is 20.7 Å². The highest BCUT2D eigenvalue weighted by Gasteiger charge is 2.33. The van der Waals surface area contributed by atoms with Gasteiger partial charge in [0.05, 0.1) is 19.3 Å². The van der Waals surface area contributed by atoms with Gasteiger partial charge in [-0.1, -0.05) is 6.92 Å². The smallest absolute Gasteiger partial charge is 0.409 e. The summed E-state index contributed by atoms with van der Waals surface area (Å²) in [5, 5.41) is 2.98. The molecule has 0 aliphatic carbocycles. The third-order valence-corrected chi connectivity index (χ3v) is 4.21. The summed E-state index contributed by atoms with van der Waals surface area (Å²) in [7, 11) is 2.98. The summed E-state index contributed by atoms with van der Waals surface area (Å²) in [5.41, 5.74) is 7.46. The molecule has 8 heteroatoms. The summed E-state index contributed by atoms with van der Waals surface area (Å²) in [6.07, 6.45) is 3.91. The van der Waals surface area contributed by atoms with Crippen LogP contribution in [0.4, 0.5) is 4.79 Å². The van der Waals surface area contributed by atoms with Gasteiger partial charge in [-0.25, -0.2) is 15.6 Å². The van der Waals surface area contributed by atoms with E-state index in [1.807, 2.05) is 12.1 Å². The van der Waals surface area contributed by atoms with Gasteiger partial charge in [0, 0.05) is 38.3 Å². The Morgan fingerprint density at radius 1 is 1.33 bits per heavy atom. The van der Waals surface area contributed by atoms with E-state index in [0.29, 0.717) is 19.4 Å². The second-order valence-corrected chi connectivity index (χ2v) is 5.95. The molecule has 3 atom stereocenters. The van der Waals surface area contributed by atoms with Crippen molar-refractivity contribution >= 4 is 12.0 Å². The average molecular weight is 335 g/mol. The SMILES string of the molecule is COC(=O)N(C)CCCC(=O)NC1NNC(c2ccncc2)C1C. The van der Waals surface area contributed by atoms with Crippen LogP contribution in [0.5, 0.6) is 0 Å². The molecule has 2 amide bonds. The van der Waals surface area contributed by atoms with Gasteiger partial charge < -0.3 is 15.0 Å². The van der Waals surface area contributed by atoms with Crippen molar-refractivity contribution in [2.45, 2.75) is 32.0 Å². The zero-order chi connectivity index (χ0) is 17.5. The Hall–Kier alpha value is -2.19. The van der Waals surface area contributed by atoms with Gasteiger partial charge in [0.25, 0.3) is 0 Å². The lowest BCUT2D eigenvalue weighted by Crippen LogP contribution is -2.46. The fourth-order valence-electron chi connectivity index (χ4n) is 2.73. The molecule has 3 N–H and O–H groups in total. The highest BCUT2D eigenvalue weighted by Crippen LogP contribution is 2.26. The number of pyridine rings is 1. The van der Waals surface area contributed by atoms with E-state index < -0.39 is 6.09 Å². The molecule has 1 fully saturated rings. The molecule has 2 heterocycles. The number of ether oxygens (including phenoxy) is 1. The number of rotatable bonds is 6. The van der Waals surface area contributed by atoms with Gasteiger partial charge in [-0.3, -0.25) is 9.78 Å². The zero-order valence-corrected chi connectivity index (χ0v) is 14.3. The van der Waals surface area contributed by atoms with Crippen LogP contribution in [0.3, 0.4) is 0 Å². The Labute approximate surface area is 141 Å². The third kappa shape index (κ3) is 4.65. The molecule has 0 aromatic carbocycles. The van der Waals surface area contributed by atoms with E-state index >= 15 is 0 Å². The lowest BCUT2D eigenvalue weighted by molar-refractivity contribution is -0.122. The van der Waals surface area contributed by atoms with Crippen molar-refractivity contribution in [3.8, 4) is 0 Å². The van der Waals surface area contributed by atoms with Gasteiger partial charge >= 0.3 is 6.09 Å². The standard InChI is InChI=1S/C16H25N5O3/c1-11-14(12-6-8-17-9-7-12)19-20-15(11)18-13(22)5-4-10-21(2)16(23)24-3/h6-9,11,14-15,19-20H,4-5,10H2,1-3H3,(H,18,22). The van der Waals surface area contributed by atoms with Crippen molar-refractivity contribution in [1.29, 1.82) is 0 Å². The van der Waals surface area contributed by atoms with Crippen LogP contribution < -0.4 is 16.2 Å². The molecule has 0 saturated carbocycles. The predicted octanol–water partition coefficient (Wildman–Crippen LogP) is 0.787. The summed E-state index contributed by atoms with van der Waals surface area (Å²) in [5.74, 6) is 0.142. The summed E-state index contributed by atoms with van der Waals surface area (Å²) >= 11 is 0. The molecule has 132 valence electrons. The minimum absolute atomic E-state index is 0.0465. The van der Waals surface area contributed by atoms with E-state index in [0.717, 1.165) is 5.56 Å². The second-order valence-electron chi connectivity index (χ2n) is 5.95. The van der Waals surface area contributed by atoms with Gasteiger partial charge in [0.1, 0.15) is 0 Å². The summed E-state index contributed by atoms with van der Waals surface area (Å²) in [6.45, 7) is 2.56. The monoisotopic (exact) mass is 335 g/mol. The average Bonchev–Trinajstić information content (AvgIpc) is 2.95. The van der Waals surface area contributed by atoms with Gasteiger partial charge in [0.2, 0.25) is 5.91 Å². The molecule has 3 unspecified atom stereocenters. The fraction of sp³-hybridized carbons (Fsp3) is 0.562. The van der Waals surface area contributed by atoms with E-state index in [2.05, 4.69) is 32.8 Å². The Morgan fingerprint density at radius 2 is 2.04 bits per heavy atom. The first-order valence-electron chi connectivity index (χ1n) is 8.02. The van der Waals surface area contributed by atoms with E-state index in [1.54, 1.807) is 19.4 Å². The number of carbonyl (C=O) groups excluding carboxylic acids is 2. The Kier molecular flexibility index (Phi) is 6.51. The summed E-state index contributed by atoms with van der Waals surface area (Å²) in [4.78, 5) is 28.8. The Morgan fingerprint density at radius 3 is 2.71 bits per heavy atom. The highest BCUT2D eigenvalue weighted by atomic mass is 16.5. The van der Waals surface area contributed by atoms with Crippen LogP contribution in [0.1, 0.15) is 31.4 Å². The number of hydrazine groups is 1. The van der Waals surface area contributed by atoms with Gasteiger partial charge in [-0.05, 0) is 24.1 Å². The lowest BCUT2D eigenvalue weighted by atomic mass is 9.95. The predicted molar refractivity (Wildman–Crippen MR) is 88.6 cm³/mol. The van der Waals surface area contributed by atoms with E-state index in [4.69, 9.17) is 0 Å². The van der Waals surface area contributed by atoms with Crippen molar-refractivity contribution in [3.05, 3.63) is 30.1 Å². The number of amides is 2. The number of aromatic nitrogens is 1. The maximum atomic E-state index is 12.1. The number of carbonyl (C=O) groups is 2. The molecule has 0 bridgehead atoms. The zero-order valence-electron chi connectivity index (χ0n) is 14.3. The molecular weight excluding hydrogens is 310 g/mol. The topological polar surface area (TPSA) is 95.6 Å². The minimum Gasteiger partial charge on any atom is -0.453 e.